The van der Waals surface area contributed by atoms with Crippen LogP contribution < -0.4 is 25.0 Å². The summed E-state index contributed by atoms with van der Waals surface area (Å²) in [5.74, 6) is 1.02. The number of quaternary nitrogens is 1. The molecule has 1 atom stereocenters. The van der Waals surface area contributed by atoms with Crippen LogP contribution >= 0.6 is 0 Å². The highest BCUT2D eigenvalue weighted by molar-refractivity contribution is 5.94. The van der Waals surface area contributed by atoms with Gasteiger partial charge < -0.3 is 19.7 Å². The summed E-state index contributed by atoms with van der Waals surface area (Å²) in [5, 5.41) is 5.08. The molecule has 126 valence electrons. The van der Waals surface area contributed by atoms with Crippen LogP contribution in [0, 0.1) is 0 Å². The van der Waals surface area contributed by atoms with Gasteiger partial charge in [-0.05, 0) is 25.0 Å². The number of nitrogens with one attached hydrogen (secondary N) is 3. The van der Waals surface area contributed by atoms with E-state index in [0.717, 1.165) is 23.3 Å². The van der Waals surface area contributed by atoms with Crippen molar-refractivity contribution >= 4 is 11.9 Å². The molecule has 1 saturated carbocycles. The van der Waals surface area contributed by atoms with E-state index in [1.807, 2.05) is 25.2 Å². The lowest BCUT2D eigenvalue weighted by Crippen LogP contribution is -3.09. The summed E-state index contributed by atoms with van der Waals surface area (Å²) in [6.07, 6.45) is 1.98. The molecule has 1 unspecified atom stereocenters. The Morgan fingerprint density at radius 1 is 1.26 bits per heavy atom. The van der Waals surface area contributed by atoms with Gasteiger partial charge in [0.15, 0.2) is 18.0 Å². The van der Waals surface area contributed by atoms with Crippen LogP contribution in [0.4, 0.5) is 4.79 Å². The molecule has 3 N–H and O–H groups in total. The minimum Gasteiger partial charge on any atom is -0.493 e. The zero-order valence-electron chi connectivity index (χ0n) is 13.8. The largest absolute Gasteiger partial charge is 0.493 e. The molecule has 1 aromatic rings. The van der Waals surface area contributed by atoms with Crippen LogP contribution in [-0.4, -0.2) is 45.8 Å². The van der Waals surface area contributed by atoms with Crippen LogP contribution in [0.3, 0.4) is 0 Å². The number of likely N-dealkylation sites (N-methyl/N-ethyl adjacent to an activating group) is 1. The molecule has 1 aliphatic rings. The van der Waals surface area contributed by atoms with Crippen LogP contribution in [0.2, 0.25) is 0 Å². The fraction of sp³-hybridized carbons (Fsp3) is 0.500. The zero-order valence-corrected chi connectivity index (χ0v) is 13.8. The number of amides is 3. The maximum absolute atomic E-state index is 11.9. The normalized spacial score (nSPS) is 14.7. The maximum atomic E-state index is 11.9. The van der Waals surface area contributed by atoms with Gasteiger partial charge in [0, 0.05) is 6.04 Å². The Bertz CT molecular complexity index is 572. The third kappa shape index (κ3) is 5.14. The van der Waals surface area contributed by atoms with E-state index >= 15 is 0 Å². The van der Waals surface area contributed by atoms with E-state index in [1.54, 1.807) is 14.2 Å². The smallest absolute Gasteiger partial charge is 0.321 e. The summed E-state index contributed by atoms with van der Waals surface area (Å²) in [6.45, 7) is 0.774. The second kappa shape index (κ2) is 7.82. The third-order valence-corrected chi connectivity index (χ3v) is 3.60. The predicted octanol–water partition coefficient (Wildman–Crippen LogP) is -0.293. The molecule has 0 bridgehead atoms. The van der Waals surface area contributed by atoms with E-state index in [2.05, 4.69) is 10.6 Å². The second-order valence-electron chi connectivity index (χ2n) is 5.76. The number of methoxy groups -OCH3 is 2. The number of rotatable bonds is 7. The third-order valence-electron chi connectivity index (χ3n) is 3.60. The Morgan fingerprint density at radius 3 is 2.61 bits per heavy atom. The van der Waals surface area contributed by atoms with Crippen molar-refractivity contribution in [3.05, 3.63) is 23.8 Å². The highest BCUT2D eigenvalue weighted by atomic mass is 16.5. The van der Waals surface area contributed by atoms with Gasteiger partial charge in [0.25, 0.3) is 5.91 Å². The Hall–Kier alpha value is -2.28. The van der Waals surface area contributed by atoms with Crippen molar-refractivity contribution in [2.45, 2.75) is 25.4 Å². The van der Waals surface area contributed by atoms with E-state index in [0.29, 0.717) is 18.0 Å². The molecule has 1 aliphatic carbocycles. The van der Waals surface area contributed by atoms with Crippen molar-refractivity contribution in [2.24, 2.45) is 0 Å². The van der Waals surface area contributed by atoms with Crippen molar-refractivity contribution in [2.75, 3.05) is 27.8 Å². The standard InChI is InChI=1S/C16H23N3O4/c1-19(10-14(20)18-16(21)17-12-7-8-12)9-11-5-4-6-13(22-2)15(11)23-3/h4-6,12H,7-10H2,1-3H3,(H2,17,18,20,21)/p+1. The van der Waals surface area contributed by atoms with Gasteiger partial charge in [-0.1, -0.05) is 6.07 Å². The number of carbonyl (C=O) groups is 2. The highest BCUT2D eigenvalue weighted by Crippen LogP contribution is 2.29. The molecule has 0 saturated heterocycles. The Labute approximate surface area is 135 Å². The first-order chi connectivity index (χ1) is 11.0. The Morgan fingerprint density at radius 2 is 2.00 bits per heavy atom. The minimum atomic E-state index is -0.413. The van der Waals surface area contributed by atoms with Crippen molar-refractivity contribution in [1.29, 1.82) is 0 Å². The van der Waals surface area contributed by atoms with E-state index in [9.17, 15) is 9.59 Å². The van der Waals surface area contributed by atoms with Crippen molar-refractivity contribution in [3.63, 3.8) is 0 Å². The molecule has 0 radical (unpaired) electrons. The molecule has 0 aromatic heterocycles. The summed E-state index contributed by atoms with van der Waals surface area (Å²) in [6, 6.07) is 5.46. The monoisotopic (exact) mass is 322 g/mol. The van der Waals surface area contributed by atoms with Gasteiger partial charge in [0.1, 0.15) is 6.54 Å². The topological polar surface area (TPSA) is 81.1 Å². The lowest BCUT2D eigenvalue weighted by molar-refractivity contribution is -0.885. The molecule has 2 rings (SSSR count). The fourth-order valence-corrected chi connectivity index (χ4v) is 2.37. The first-order valence-electron chi connectivity index (χ1n) is 7.65. The van der Waals surface area contributed by atoms with Crippen LogP contribution in [0.15, 0.2) is 18.2 Å². The van der Waals surface area contributed by atoms with E-state index in [-0.39, 0.29) is 18.5 Å². The summed E-state index contributed by atoms with van der Waals surface area (Å²) in [7, 11) is 5.06. The Kier molecular flexibility index (Phi) is 5.81. The lowest BCUT2D eigenvalue weighted by atomic mass is 10.1. The van der Waals surface area contributed by atoms with Gasteiger partial charge in [0.2, 0.25) is 0 Å². The van der Waals surface area contributed by atoms with Crippen molar-refractivity contribution in [3.8, 4) is 11.5 Å². The number of urea groups is 1. The number of para-hydroxylation sites is 1. The molecule has 0 heterocycles. The average molecular weight is 322 g/mol. The highest BCUT2D eigenvalue weighted by Gasteiger charge is 2.24. The number of hydrogen-bond donors (Lipinski definition) is 3. The van der Waals surface area contributed by atoms with Crippen LogP contribution in [0.25, 0.3) is 0 Å². The molecular formula is C16H24N3O4+. The SMILES string of the molecule is COc1cccc(C[NH+](C)CC(=O)NC(=O)NC2CC2)c1OC. The summed E-state index contributed by atoms with van der Waals surface area (Å²) < 4.78 is 10.7. The first kappa shape index (κ1) is 17.1. The number of carbonyl (C=O) groups excluding carboxylic acids is 2. The van der Waals surface area contributed by atoms with Crippen LogP contribution in [0.1, 0.15) is 18.4 Å². The van der Waals surface area contributed by atoms with Gasteiger partial charge in [-0.2, -0.15) is 0 Å². The molecule has 7 heteroatoms. The predicted molar refractivity (Wildman–Crippen MR) is 84.7 cm³/mol. The number of hydrogen-bond acceptors (Lipinski definition) is 4. The molecular weight excluding hydrogens is 298 g/mol. The van der Waals surface area contributed by atoms with Crippen molar-refractivity contribution < 1.29 is 24.0 Å². The van der Waals surface area contributed by atoms with Gasteiger partial charge >= 0.3 is 6.03 Å². The molecule has 7 nitrogen and oxygen atoms in total. The van der Waals surface area contributed by atoms with Gasteiger partial charge in [-0.15, -0.1) is 0 Å². The minimum absolute atomic E-state index is 0.193. The van der Waals surface area contributed by atoms with Crippen LogP contribution in [0.5, 0.6) is 11.5 Å². The molecule has 0 aliphatic heterocycles. The average Bonchev–Trinajstić information content (AvgIpc) is 3.30. The fourth-order valence-electron chi connectivity index (χ4n) is 2.37. The summed E-state index contributed by atoms with van der Waals surface area (Å²) >= 11 is 0. The van der Waals surface area contributed by atoms with Gasteiger partial charge in [0.05, 0.1) is 26.8 Å². The van der Waals surface area contributed by atoms with E-state index in [1.165, 1.54) is 0 Å². The zero-order chi connectivity index (χ0) is 16.8. The van der Waals surface area contributed by atoms with E-state index in [4.69, 9.17) is 9.47 Å². The lowest BCUT2D eigenvalue weighted by Gasteiger charge is -2.17. The molecule has 1 aromatic carbocycles. The molecule has 0 spiro atoms. The van der Waals surface area contributed by atoms with Gasteiger partial charge in [-0.25, -0.2) is 4.79 Å². The first-order valence-corrected chi connectivity index (χ1v) is 7.65. The van der Waals surface area contributed by atoms with Crippen molar-refractivity contribution in [1.82, 2.24) is 10.6 Å². The summed E-state index contributed by atoms with van der Waals surface area (Å²) in [4.78, 5) is 24.4. The molecule has 23 heavy (non-hydrogen) atoms. The maximum Gasteiger partial charge on any atom is 0.321 e. The molecule has 1 fully saturated rings. The van der Waals surface area contributed by atoms with Gasteiger partial charge in [-0.3, -0.25) is 10.1 Å². The second-order valence-corrected chi connectivity index (χ2v) is 5.76. The Balaban J connectivity index is 1.87. The number of ether oxygens (including phenoxy) is 2. The number of benzene rings is 1. The van der Waals surface area contributed by atoms with E-state index < -0.39 is 6.03 Å². The summed E-state index contributed by atoms with van der Waals surface area (Å²) in [5.41, 5.74) is 0.944. The van der Waals surface area contributed by atoms with Crippen LogP contribution in [-0.2, 0) is 11.3 Å². The quantitative estimate of drug-likeness (QED) is 0.644. The number of imide groups is 1. The molecule has 3 amide bonds.